The summed E-state index contributed by atoms with van der Waals surface area (Å²) < 4.78 is 11.3. The standard InChI is InChI=1S/C16H17N7O3/c1-3-26-16(24)11-8-19-15-12(13(17)22-23(15)14(11)18)21-20-9-5-4-6-10(7-9)25-2/h4-8H,3,18H2,1-2H3,(H2,17,22). The lowest BCUT2D eigenvalue weighted by atomic mass is 10.3. The lowest BCUT2D eigenvalue weighted by Gasteiger charge is -2.05. The molecule has 0 aliphatic carbocycles. The number of carbonyl (C=O) groups excluding carboxylic acids is 1. The van der Waals surface area contributed by atoms with Gasteiger partial charge in [0.1, 0.15) is 17.1 Å². The number of aromatic nitrogens is 3. The topological polar surface area (TPSA) is 142 Å². The summed E-state index contributed by atoms with van der Waals surface area (Å²) in [5.74, 6) is 0.198. The molecule has 0 aliphatic heterocycles. The molecular formula is C16H17N7O3. The van der Waals surface area contributed by atoms with E-state index in [-0.39, 0.29) is 35.1 Å². The van der Waals surface area contributed by atoms with Crippen molar-refractivity contribution in [2.24, 2.45) is 10.2 Å². The Kier molecular flexibility index (Phi) is 4.65. The van der Waals surface area contributed by atoms with Gasteiger partial charge < -0.3 is 20.9 Å². The van der Waals surface area contributed by atoms with Gasteiger partial charge in [-0.15, -0.1) is 10.2 Å². The van der Waals surface area contributed by atoms with Crippen molar-refractivity contribution in [2.45, 2.75) is 6.92 Å². The summed E-state index contributed by atoms with van der Waals surface area (Å²) >= 11 is 0. The van der Waals surface area contributed by atoms with Gasteiger partial charge in [-0.2, -0.15) is 9.63 Å². The number of nitrogens with two attached hydrogens (primary N) is 2. The second-order valence-corrected chi connectivity index (χ2v) is 5.15. The lowest BCUT2D eigenvalue weighted by Crippen LogP contribution is -2.12. The fourth-order valence-electron chi connectivity index (χ4n) is 2.25. The van der Waals surface area contributed by atoms with E-state index in [1.54, 1.807) is 38.3 Å². The Hall–Kier alpha value is -3.69. The molecule has 3 aromatic rings. The molecule has 10 heteroatoms. The minimum absolute atomic E-state index is 0.0583. The Morgan fingerprint density at radius 2 is 2.12 bits per heavy atom. The molecule has 0 bridgehead atoms. The second-order valence-electron chi connectivity index (χ2n) is 5.15. The van der Waals surface area contributed by atoms with E-state index in [1.807, 2.05) is 0 Å². The first kappa shape index (κ1) is 17.1. The summed E-state index contributed by atoms with van der Waals surface area (Å²) in [5.41, 5.74) is 13.1. The van der Waals surface area contributed by atoms with Gasteiger partial charge in [-0.3, -0.25) is 0 Å². The predicted octanol–water partition coefficient (Wildman–Crippen LogP) is 2.49. The molecule has 0 atom stereocenters. The number of esters is 1. The average molecular weight is 355 g/mol. The Labute approximate surface area is 148 Å². The van der Waals surface area contributed by atoms with Crippen molar-refractivity contribution in [3.05, 3.63) is 36.0 Å². The third kappa shape index (κ3) is 3.11. The van der Waals surface area contributed by atoms with Crippen LogP contribution in [0.15, 0.2) is 40.7 Å². The predicted molar refractivity (Wildman–Crippen MR) is 94.9 cm³/mol. The highest BCUT2D eigenvalue weighted by Crippen LogP contribution is 2.30. The van der Waals surface area contributed by atoms with E-state index >= 15 is 0 Å². The fraction of sp³-hybridized carbons (Fsp3) is 0.188. The van der Waals surface area contributed by atoms with E-state index in [4.69, 9.17) is 20.9 Å². The molecule has 4 N–H and O–H groups in total. The largest absolute Gasteiger partial charge is 0.497 e. The van der Waals surface area contributed by atoms with E-state index in [1.165, 1.54) is 10.7 Å². The van der Waals surface area contributed by atoms with Crippen LogP contribution in [-0.2, 0) is 4.74 Å². The van der Waals surface area contributed by atoms with Crippen LogP contribution in [0.5, 0.6) is 5.75 Å². The van der Waals surface area contributed by atoms with Gasteiger partial charge in [0.05, 0.1) is 19.4 Å². The Morgan fingerprint density at radius 1 is 1.31 bits per heavy atom. The Morgan fingerprint density at radius 3 is 2.85 bits per heavy atom. The minimum atomic E-state index is -0.590. The summed E-state index contributed by atoms with van der Waals surface area (Å²) in [6.45, 7) is 1.92. The average Bonchev–Trinajstić information content (AvgIpc) is 2.97. The zero-order chi connectivity index (χ0) is 18.7. The van der Waals surface area contributed by atoms with Gasteiger partial charge in [-0.05, 0) is 19.1 Å². The maximum absolute atomic E-state index is 11.9. The number of nitrogens with zero attached hydrogens (tertiary/aromatic N) is 5. The zero-order valence-corrected chi connectivity index (χ0v) is 14.2. The number of nitrogen functional groups attached to an aromatic ring is 2. The molecule has 0 saturated carbocycles. The van der Waals surface area contributed by atoms with Crippen molar-refractivity contribution < 1.29 is 14.3 Å². The number of azo groups is 1. The number of carbonyl (C=O) groups is 1. The van der Waals surface area contributed by atoms with Crippen LogP contribution in [-0.4, -0.2) is 34.3 Å². The number of hydrogen-bond acceptors (Lipinski definition) is 9. The highest BCUT2D eigenvalue weighted by Gasteiger charge is 2.19. The van der Waals surface area contributed by atoms with Crippen LogP contribution >= 0.6 is 0 Å². The highest BCUT2D eigenvalue weighted by atomic mass is 16.5. The van der Waals surface area contributed by atoms with Crippen molar-refractivity contribution in [3.8, 4) is 5.75 Å². The number of hydrogen-bond donors (Lipinski definition) is 2. The van der Waals surface area contributed by atoms with Gasteiger partial charge in [0.2, 0.25) is 0 Å². The van der Waals surface area contributed by atoms with Gasteiger partial charge in [0.25, 0.3) is 0 Å². The van der Waals surface area contributed by atoms with Gasteiger partial charge in [-0.1, -0.05) is 6.07 Å². The maximum atomic E-state index is 11.9. The van der Waals surface area contributed by atoms with Crippen molar-refractivity contribution in [3.63, 3.8) is 0 Å². The van der Waals surface area contributed by atoms with Crippen molar-refractivity contribution in [2.75, 3.05) is 25.2 Å². The van der Waals surface area contributed by atoms with Crippen LogP contribution in [0.25, 0.3) is 5.65 Å². The molecule has 0 aliphatic rings. The molecular weight excluding hydrogens is 338 g/mol. The second kappa shape index (κ2) is 7.05. The summed E-state index contributed by atoms with van der Waals surface area (Å²) in [6, 6.07) is 7.05. The highest BCUT2D eigenvalue weighted by molar-refractivity contribution is 5.95. The summed E-state index contributed by atoms with van der Waals surface area (Å²) in [4.78, 5) is 16.1. The molecule has 0 saturated heterocycles. The molecule has 26 heavy (non-hydrogen) atoms. The molecule has 0 spiro atoms. The summed E-state index contributed by atoms with van der Waals surface area (Å²) in [7, 11) is 1.56. The van der Waals surface area contributed by atoms with Crippen LogP contribution in [0.1, 0.15) is 17.3 Å². The normalized spacial score (nSPS) is 11.2. The van der Waals surface area contributed by atoms with Gasteiger partial charge >= 0.3 is 5.97 Å². The molecule has 0 amide bonds. The van der Waals surface area contributed by atoms with Crippen LogP contribution < -0.4 is 16.2 Å². The van der Waals surface area contributed by atoms with Gasteiger partial charge in [0.15, 0.2) is 17.2 Å². The number of rotatable bonds is 5. The molecule has 134 valence electrons. The molecule has 2 aromatic heterocycles. The quantitative estimate of drug-likeness (QED) is 0.528. The smallest absolute Gasteiger partial charge is 0.343 e. The zero-order valence-electron chi connectivity index (χ0n) is 14.2. The molecule has 1 aromatic carbocycles. The Balaban J connectivity index is 2.01. The maximum Gasteiger partial charge on any atom is 0.343 e. The number of methoxy groups -OCH3 is 1. The monoisotopic (exact) mass is 355 g/mol. The van der Waals surface area contributed by atoms with Crippen molar-refractivity contribution in [1.29, 1.82) is 0 Å². The first-order valence-electron chi connectivity index (χ1n) is 7.70. The van der Waals surface area contributed by atoms with E-state index < -0.39 is 5.97 Å². The van der Waals surface area contributed by atoms with E-state index in [0.717, 1.165) is 0 Å². The van der Waals surface area contributed by atoms with Crippen molar-refractivity contribution >= 4 is 34.6 Å². The molecule has 0 fully saturated rings. The summed E-state index contributed by atoms with van der Waals surface area (Å²) in [6.07, 6.45) is 1.30. The van der Waals surface area contributed by atoms with E-state index in [0.29, 0.717) is 11.4 Å². The molecule has 2 heterocycles. The first-order valence-corrected chi connectivity index (χ1v) is 7.70. The first-order chi connectivity index (χ1) is 12.5. The van der Waals surface area contributed by atoms with Crippen LogP contribution in [0.4, 0.5) is 23.0 Å². The fourth-order valence-corrected chi connectivity index (χ4v) is 2.25. The molecule has 0 radical (unpaired) electrons. The lowest BCUT2D eigenvalue weighted by molar-refractivity contribution is 0.0526. The third-order valence-electron chi connectivity index (χ3n) is 3.50. The number of ether oxygens (including phenoxy) is 2. The Bertz CT molecular complexity index is 997. The van der Waals surface area contributed by atoms with Crippen molar-refractivity contribution in [1.82, 2.24) is 14.6 Å². The summed E-state index contributed by atoms with van der Waals surface area (Å²) in [5, 5.41) is 12.3. The van der Waals surface area contributed by atoms with Gasteiger partial charge in [0, 0.05) is 12.3 Å². The van der Waals surface area contributed by atoms with Gasteiger partial charge in [-0.25, -0.2) is 9.78 Å². The number of fused-ring (bicyclic) bond motifs is 1. The number of anilines is 2. The number of benzene rings is 1. The molecule has 3 rings (SSSR count). The van der Waals surface area contributed by atoms with Crippen LogP contribution in [0, 0.1) is 0 Å². The molecule has 0 unspecified atom stereocenters. The van der Waals surface area contributed by atoms with E-state index in [9.17, 15) is 4.79 Å². The van der Waals surface area contributed by atoms with Crippen LogP contribution in [0.2, 0.25) is 0 Å². The minimum Gasteiger partial charge on any atom is -0.497 e. The van der Waals surface area contributed by atoms with E-state index in [2.05, 4.69) is 20.3 Å². The van der Waals surface area contributed by atoms with Crippen LogP contribution in [0.3, 0.4) is 0 Å². The third-order valence-corrected chi connectivity index (χ3v) is 3.50. The molecule has 10 nitrogen and oxygen atoms in total. The SMILES string of the molecule is CCOC(=O)c1cnc2c(N=Nc3cccc(OC)c3)c(N)nn2c1N.